The number of nitrogen functional groups attached to an aromatic ring is 1. The van der Waals surface area contributed by atoms with Gasteiger partial charge < -0.3 is 15.0 Å². The minimum absolute atomic E-state index is 0.424. The average molecular weight is 261 g/mol. The molecule has 0 spiro atoms. The largest absolute Gasteiger partial charge is 0.398 e. The van der Waals surface area contributed by atoms with Crippen molar-refractivity contribution in [3.8, 4) is 11.5 Å². The first-order chi connectivity index (χ1) is 9.01. The second-order valence-corrected chi connectivity index (χ2v) is 4.75. The van der Waals surface area contributed by atoms with E-state index in [1.54, 1.807) is 7.11 Å². The van der Waals surface area contributed by atoms with Crippen molar-refractivity contribution in [1.82, 2.24) is 10.1 Å². The third-order valence-electron chi connectivity index (χ3n) is 3.58. The molecule has 0 amide bonds. The fourth-order valence-corrected chi connectivity index (χ4v) is 1.81. The standard InChI is InChI=1S/C14H19N3O2/c1-5-14(3,18-4)13-16-12(19-17-13)10-8-6-7-9(2)11(10)15/h6-8H,5,15H2,1-4H3. The van der Waals surface area contributed by atoms with Gasteiger partial charge in [-0.25, -0.2) is 0 Å². The van der Waals surface area contributed by atoms with Gasteiger partial charge in [0.05, 0.1) is 5.56 Å². The molecule has 0 bridgehead atoms. The van der Waals surface area contributed by atoms with E-state index in [1.165, 1.54) is 0 Å². The van der Waals surface area contributed by atoms with Crippen LogP contribution in [0.3, 0.4) is 0 Å². The molecule has 102 valence electrons. The Morgan fingerprint density at radius 2 is 2.16 bits per heavy atom. The van der Waals surface area contributed by atoms with E-state index < -0.39 is 5.60 Å². The molecular formula is C14H19N3O2. The van der Waals surface area contributed by atoms with Crippen LogP contribution in [0, 0.1) is 6.92 Å². The van der Waals surface area contributed by atoms with Gasteiger partial charge in [-0.3, -0.25) is 0 Å². The summed E-state index contributed by atoms with van der Waals surface area (Å²) < 4.78 is 10.8. The number of anilines is 1. The number of aryl methyl sites for hydroxylation is 1. The van der Waals surface area contributed by atoms with E-state index in [9.17, 15) is 0 Å². The van der Waals surface area contributed by atoms with Crippen LogP contribution in [0.2, 0.25) is 0 Å². The van der Waals surface area contributed by atoms with E-state index in [2.05, 4.69) is 10.1 Å². The molecule has 0 saturated carbocycles. The Morgan fingerprint density at radius 1 is 1.42 bits per heavy atom. The van der Waals surface area contributed by atoms with Crippen molar-refractivity contribution in [2.24, 2.45) is 0 Å². The van der Waals surface area contributed by atoms with Crippen LogP contribution < -0.4 is 5.73 Å². The number of hydrogen-bond donors (Lipinski definition) is 1. The molecule has 5 heteroatoms. The zero-order valence-corrected chi connectivity index (χ0v) is 11.7. The summed E-state index contributed by atoms with van der Waals surface area (Å²) in [5, 5.41) is 4.01. The Balaban J connectivity index is 2.44. The molecular weight excluding hydrogens is 242 g/mol. The number of methoxy groups -OCH3 is 1. The molecule has 1 unspecified atom stereocenters. The zero-order valence-electron chi connectivity index (χ0n) is 11.7. The fraction of sp³-hybridized carbons (Fsp3) is 0.429. The maximum absolute atomic E-state index is 6.04. The normalized spacial score (nSPS) is 14.3. The molecule has 0 fully saturated rings. The summed E-state index contributed by atoms with van der Waals surface area (Å²) in [5.74, 6) is 0.960. The second-order valence-electron chi connectivity index (χ2n) is 4.75. The smallest absolute Gasteiger partial charge is 0.260 e. The topological polar surface area (TPSA) is 74.2 Å². The first-order valence-corrected chi connectivity index (χ1v) is 6.26. The highest BCUT2D eigenvalue weighted by Crippen LogP contribution is 2.31. The molecule has 19 heavy (non-hydrogen) atoms. The van der Waals surface area contributed by atoms with Crippen LogP contribution in [0.5, 0.6) is 0 Å². The number of rotatable bonds is 4. The second kappa shape index (κ2) is 5.01. The van der Waals surface area contributed by atoms with Gasteiger partial charge in [-0.05, 0) is 31.9 Å². The van der Waals surface area contributed by atoms with Crippen LogP contribution >= 0.6 is 0 Å². The molecule has 0 aliphatic rings. The van der Waals surface area contributed by atoms with Crippen molar-refractivity contribution in [2.75, 3.05) is 12.8 Å². The summed E-state index contributed by atoms with van der Waals surface area (Å²) in [7, 11) is 1.64. The van der Waals surface area contributed by atoms with Crippen LogP contribution in [0.15, 0.2) is 22.7 Å². The molecule has 0 radical (unpaired) electrons. The van der Waals surface area contributed by atoms with Gasteiger partial charge >= 0.3 is 0 Å². The van der Waals surface area contributed by atoms with Crippen LogP contribution in [0.4, 0.5) is 5.69 Å². The van der Waals surface area contributed by atoms with Crippen molar-refractivity contribution in [3.05, 3.63) is 29.6 Å². The van der Waals surface area contributed by atoms with Gasteiger partial charge in [0.2, 0.25) is 5.82 Å². The Hall–Kier alpha value is -1.88. The summed E-state index contributed by atoms with van der Waals surface area (Å²) in [6.45, 7) is 5.89. The molecule has 2 rings (SSSR count). The minimum Gasteiger partial charge on any atom is -0.398 e. The number of nitrogens with zero attached hydrogens (tertiary/aromatic N) is 2. The Bertz CT molecular complexity index is 574. The SMILES string of the molecule is CCC(C)(OC)c1noc(-c2cccc(C)c2N)n1. The molecule has 1 aromatic carbocycles. The van der Waals surface area contributed by atoms with Crippen LogP contribution in [0.25, 0.3) is 11.5 Å². The molecule has 1 aromatic heterocycles. The molecule has 0 aliphatic carbocycles. The molecule has 1 heterocycles. The summed E-state index contributed by atoms with van der Waals surface area (Å²) in [4.78, 5) is 4.41. The lowest BCUT2D eigenvalue weighted by Crippen LogP contribution is -2.24. The number of aromatic nitrogens is 2. The van der Waals surface area contributed by atoms with E-state index in [-0.39, 0.29) is 0 Å². The molecule has 2 aromatic rings. The third kappa shape index (κ3) is 2.33. The lowest BCUT2D eigenvalue weighted by Gasteiger charge is -2.21. The summed E-state index contributed by atoms with van der Waals surface area (Å²) >= 11 is 0. The Kier molecular flexibility index (Phi) is 3.57. The highest BCUT2D eigenvalue weighted by molar-refractivity contribution is 5.73. The van der Waals surface area contributed by atoms with Crippen LogP contribution in [-0.4, -0.2) is 17.3 Å². The molecule has 0 saturated heterocycles. The van der Waals surface area contributed by atoms with E-state index in [0.29, 0.717) is 17.4 Å². The first kappa shape index (κ1) is 13.5. The number of nitrogens with two attached hydrogens (primary N) is 1. The van der Waals surface area contributed by atoms with Crippen LogP contribution in [-0.2, 0) is 10.3 Å². The van der Waals surface area contributed by atoms with Crippen molar-refractivity contribution in [2.45, 2.75) is 32.8 Å². The highest BCUT2D eigenvalue weighted by Gasteiger charge is 2.30. The van der Waals surface area contributed by atoms with Crippen molar-refractivity contribution < 1.29 is 9.26 Å². The van der Waals surface area contributed by atoms with E-state index in [1.807, 2.05) is 39.0 Å². The maximum atomic E-state index is 6.04. The molecule has 1 atom stereocenters. The monoisotopic (exact) mass is 261 g/mol. The van der Waals surface area contributed by atoms with Gasteiger partial charge in [-0.1, -0.05) is 24.2 Å². The number of benzene rings is 1. The quantitative estimate of drug-likeness (QED) is 0.856. The molecule has 2 N–H and O–H groups in total. The van der Waals surface area contributed by atoms with Gasteiger partial charge in [-0.15, -0.1) is 0 Å². The molecule has 5 nitrogen and oxygen atoms in total. The van der Waals surface area contributed by atoms with E-state index in [0.717, 1.165) is 17.5 Å². The average Bonchev–Trinajstić information content (AvgIpc) is 2.91. The summed E-state index contributed by atoms with van der Waals surface area (Å²) in [5.41, 5.74) is 7.90. The zero-order chi connectivity index (χ0) is 14.0. The fourth-order valence-electron chi connectivity index (χ4n) is 1.81. The summed E-state index contributed by atoms with van der Waals surface area (Å²) in [6, 6.07) is 5.73. The van der Waals surface area contributed by atoms with Gasteiger partial charge in [-0.2, -0.15) is 4.98 Å². The predicted octanol–water partition coefficient (Wildman–Crippen LogP) is 2.90. The van der Waals surface area contributed by atoms with Crippen LogP contribution in [0.1, 0.15) is 31.7 Å². The van der Waals surface area contributed by atoms with E-state index in [4.69, 9.17) is 15.0 Å². The maximum Gasteiger partial charge on any atom is 0.260 e. The van der Waals surface area contributed by atoms with E-state index >= 15 is 0 Å². The van der Waals surface area contributed by atoms with Gasteiger partial charge in [0.1, 0.15) is 5.60 Å². The van der Waals surface area contributed by atoms with Crippen molar-refractivity contribution >= 4 is 5.69 Å². The van der Waals surface area contributed by atoms with Crippen molar-refractivity contribution in [3.63, 3.8) is 0 Å². The lowest BCUT2D eigenvalue weighted by atomic mass is 10.0. The summed E-state index contributed by atoms with van der Waals surface area (Å²) in [6.07, 6.45) is 0.756. The number of ether oxygens (including phenoxy) is 1. The Morgan fingerprint density at radius 3 is 2.79 bits per heavy atom. The Labute approximate surface area is 112 Å². The minimum atomic E-state index is -0.541. The number of para-hydroxylation sites is 1. The highest BCUT2D eigenvalue weighted by atomic mass is 16.5. The van der Waals surface area contributed by atoms with Crippen molar-refractivity contribution in [1.29, 1.82) is 0 Å². The third-order valence-corrected chi connectivity index (χ3v) is 3.58. The van der Waals surface area contributed by atoms with Gasteiger partial charge in [0.25, 0.3) is 5.89 Å². The molecule has 0 aliphatic heterocycles. The first-order valence-electron chi connectivity index (χ1n) is 6.26. The van der Waals surface area contributed by atoms with Gasteiger partial charge in [0.15, 0.2) is 0 Å². The lowest BCUT2D eigenvalue weighted by molar-refractivity contribution is -0.0106. The number of hydrogen-bond acceptors (Lipinski definition) is 5. The van der Waals surface area contributed by atoms with Gasteiger partial charge in [0, 0.05) is 12.8 Å². The predicted molar refractivity (Wildman–Crippen MR) is 73.5 cm³/mol.